The highest BCUT2D eigenvalue weighted by atomic mass is 16.3. The number of piperidine rings is 1. The molecular formula is C29H35N3O3. The fourth-order valence-corrected chi connectivity index (χ4v) is 4.34. The van der Waals surface area contributed by atoms with Crippen LogP contribution in [0.1, 0.15) is 40.5 Å². The van der Waals surface area contributed by atoms with Gasteiger partial charge in [-0.15, -0.1) is 0 Å². The molecule has 1 saturated heterocycles. The van der Waals surface area contributed by atoms with Crippen LogP contribution in [0.4, 0.5) is 11.4 Å². The van der Waals surface area contributed by atoms with Gasteiger partial charge in [0.05, 0.1) is 5.56 Å². The van der Waals surface area contributed by atoms with Gasteiger partial charge in [-0.05, 0) is 75.3 Å². The van der Waals surface area contributed by atoms with Gasteiger partial charge in [-0.3, -0.25) is 9.59 Å². The van der Waals surface area contributed by atoms with Crippen molar-refractivity contribution < 1.29 is 14.7 Å². The Morgan fingerprint density at radius 3 is 2.26 bits per heavy atom. The highest BCUT2D eigenvalue weighted by molar-refractivity contribution is 6.00. The third-order valence-electron chi connectivity index (χ3n) is 6.47. The van der Waals surface area contributed by atoms with Crippen LogP contribution in [0, 0.1) is 0 Å². The molecule has 0 atom stereocenters. The van der Waals surface area contributed by atoms with Crippen LogP contribution in [0.2, 0.25) is 0 Å². The minimum Gasteiger partial charge on any atom is -0.507 e. The van der Waals surface area contributed by atoms with E-state index in [2.05, 4.69) is 41.3 Å². The van der Waals surface area contributed by atoms with Crippen LogP contribution in [0.15, 0.2) is 66.7 Å². The lowest BCUT2D eigenvalue weighted by molar-refractivity contribution is 0.101. The molecule has 4 rings (SSSR count). The van der Waals surface area contributed by atoms with Gasteiger partial charge in [-0.2, -0.15) is 0 Å². The van der Waals surface area contributed by atoms with Crippen molar-refractivity contribution in [1.29, 1.82) is 0 Å². The monoisotopic (exact) mass is 473 g/mol. The van der Waals surface area contributed by atoms with Crippen molar-refractivity contribution in [3.63, 3.8) is 0 Å². The molecule has 3 aromatic carbocycles. The minimum atomic E-state index is 0.0527. The highest BCUT2D eigenvalue weighted by Gasteiger charge is 2.21. The number of aromatic hydroxyl groups is 1. The summed E-state index contributed by atoms with van der Waals surface area (Å²) in [4.78, 5) is 26.8. The van der Waals surface area contributed by atoms with Gasteiger partial charge in [-0.1, -0.05) is 36.4 Å². The minimum absolute atomic E-state index is 0.0527. The molecule has 0 radical (unpaired) electrons. The SMILES string of the molecule is CN(C)C1CCN(c2ccc(O)c(C=O)c2)CC1.CNc1cc(-c2ccccc2)ccc1C(C)=O. The molecule has 1 aliphatic rings. The van der Waals surface area contributed by atoms with Gasteiger partial charge in [0.15, 0.2) is 12.1 Å². The Morgan fingerprint density at radius 2 is 1.69 bits per heavy atom. The number of benzene rings is 3. The van der Waals surface area contributed by atoms with Crippen molar-refractivity contribution in [2.24, 2.45) is 0 Å². The number of aldehydes is 1. The Hall–Kier alpha value is -3.64. The molecule has 1 heterocycles. The van der Waals surface area contributed by atoms with E-state index in [0.29, 0.717) is 17.9 Å². The molecule has 3 aromatic rings. The van der Waals surface area contributed by atoms with Crippen LogP contribution in [0.25, 0.3) is 11.1 Å². The molecule has 35 heavy (non-hydrogen) atoms. The summed E-state index contributed by atoms with van der Waals surface area (Å²) in [5.74, 6) is 0.130. The summed E-state index contributed by atoms with van der Waals surface area (Å²) in [5.41, 5.74) is 5.25. The zero-order valence-corrected chi connectivity index (χ0v) is 21.0. The number of carbonyl (C=O) groups is 2. The van der Waals surface area contributed by atoms with Gasteiger partial charge < -0.3 is 20.2 Å². The van der Waals surface area contributed by atoms with Crippen LogP contribution < -0.4 is 10.2 Å². The van der Waals surface area contributed by atoms with Crippen molar-refractivity contribution in [3.8, 4) is 16.9 Å². The third-order valence-corrected chi connectivity index (χ3v) is 6.47. The number of nitrogens with zero attached hydrogens (tertiary/aromatic N) is 2. The molecule has 1 aliphatic heterocycles. The van der Waals surface area contributed by atoms with Gasteiger partial charge in [0, 0.05) is 43.1 Å². The number of Topliss-reactive ketones (excluding diaryl/α,β-unsaturated/α-hetero) is 1. The van der Waals surface area contributed by atoms with E-state index in [1.54, 1.807) is 19.1 Å². The Balaban J connectivity index is 0.000000196. The molecule has 0 saturated carbocycles. The second-order valence-electron chi connectivity index (χ2n) is 8.98. The van der Waals surface area contributed by atoms with E-state index in [0.717, 1.165) is 54.0 Å². The summed E-state index contributed by atoms with van der Waals surface area (Å²) < 4.78 is 0. The number of carbonyl (C=O) groups excluding carboxylic acids is 2. The normalized spacial score (nSPS) is 13.7. The van der Waals surface area contributed by atoms with Crippen LogP contribution in [0.5, 0.6) is 5.75 Å². The first-order valence-corrected chi connectivity index (χ1v) is 11.9. The van der Waals surface area contributed by atoms with E-state index in [4.69, 9.17) is 0 Å². The van der Waals surface area contributed by atoms with Crippen LogP contribution >= 0.6 is 0 Å². The number of rotatable bonds is 6. The second-order valence-corrected chi connectivity index (χ2v) is 8.98. The summed E-state index contributed by atoms with van der Waals surface area (Å²) in [5, 5.41) is 12.6. The third kappa shape index (κ3) is 6.70. The van der Waals surface area contributed by atoms with Gasteiger partial charge in [-0.25, -0.2) is 0 Å². The highest BCUT2D eigenvalue weighted by Crippen LogP contribution is 2.27. The maximum atomic E-state index is 11.4. The van der Waals surface area contributed by atoms with E-state index < -0.39 is 0 Å². The first-order chi connectivity index (χ1) is 16.8. The standard InChI is InChI=1S/C15H15NO.C14H20N2O2/c1-11(17)14-9-8-13(10-15(14)16-2)12-6-4-3-5-7-12;1-15(2)12-5-7-16(8-6-12)13-3-4-14(18)11(9-13)10-17/h3-10,16H,1-2H3;3-4,9-10,12,18H,5-8H2,1-2H3. The zero-order chi connectivity index (χ0) is 25.4. The molecule has 2 N–H and O–H groups in total. The predicted molar refractivity (Wildman–Crippen MR) is 144 cm³/mol. The van der Waals surface area contributed by atoms with E-state index in [1.807, 2.05) is 49.5 Å². The number of ketones is 1. The first kappa shape index (κ1) is 26.0. The average molecular weight is 474 g/mol. The van der Waals surface area contributed by atoms with Crippen LogP contribution in [-0.4, -0.2) is 62.4 Å². The Labute approximate surface area is 208 Å². The van der Waals surface area contributed by atoms with Crippen molar-refractivity contribution in [2.75, 3.05) is 44.4 Å². The number of phenols is 1. The molecule has 1 fully saturated rings. The molecule has 184 valence electrons. The van der Waals surface area contributed by atoms with E-state index in [9.17, 15) is 14.7 Å². The molecule has 0 aliphatic carbocycles. The molecule has 0 bridgehead atoms. The lowest BCUT2D eigenvalue weighted by Crippen LogP contribution is -2.42. The number of hydrogen-bond acceptors (Lipinski definition) is 6. The quantitative estimate of drug-likeness (QED) is 0.372. The lowest BCUT2D eigenvalue weighted by Gasteiger charge is -2.36. The summed E-state index contributed by atoms with van der Waals surface area (Å²) in [6.45, 7) is 3.57. The second kappa shape index (κ2) is 12.2. The summed E-state index contributed by atoms with van der Waals surface area (Å²) in [7, 11) is 6.06. The maximum Gasteiger partial charge on any atom is 0.161 e. The Kier molecular flexibility index (Phi) is 9.04. The molecule has 6 nitrogen and oxygen atoms in total. The van der Waals surface area contributed by atoms with Crippen molar-refractivity contribution in [2.45, 2.75) is 25.8 Å². The lowest BCUT2D eigenvalue weighted by atomic mass is 10.0. The van der Waals surface area contributed by atoms with E-state index in [1.165, 1.54) is 0 Å². The molecular weight excluding hydrogens is 438 g/mol. The topological polar surface area (TPSA) is 72.9 Å². The molecule has 0 spiro atoms. The number of anilines is 2. The first-order valence-electron chi connectivity index (χ1n) is 11.9. The maximum absolute atomic E-state index is 11.4. The van der Waals surface area contributed by atoms with Crippen LogP contribution in [0.3, 0.4) is 0 Å². The smallest absolute Gasteiger partial charge is 0.161 e. The Morgan fingerprint density at radius 1 is 1.00 bits per heavy atom. The number of hydrogen-bond donors (Lipinski definition) is 2. The Bertz CT molecular complexity index is 1140. The predicted octanol–water partition coefficient (Wildman–Crippen LogP) is 5.33. The summed E-state index contributed by atoms with van der Waals surface area (Å²) in [6, 6.07) is 21.9. The number of nitrogens with one attached hydrogen (secondary N) is 1. The van der Waals surface area contributed by atoms with Crippen molar-refractivity contribution in [1.82, 2.24) is 4.90 Å². The van der Waals surface area contributed by atoms with Crippen LogP contribution in [-0.2, 0) is 0 Å². The van der Waals surface area contributed by atoms with Crippen molar-refractivity contribution >= 4 is 23.4 Å². The average Bonchev–Trinajstić information content (AvgIpc) is 2.89. The van der Waals surface area contributed by atoms with Gasteiger partial charge in [0.25, 0.3) is 0 Å². The molecule has 0 unspecified atom stereocenters. The fraction of sp³-hybridized carbons (Fsp3) is 0.310. The van der Waals surface area contributed by atoms with Gasteiger partial charge in [0.1, 0.15) is 5.75 Å². The fourth-order valence-electron chi connectivity index (χ4n) is 4.34. The van der Waals surface area contributed by atoms with E-state index in [-0.39, 0.29) is 11.5 Å². The number of phenolic OH excluding ortho intramolecular Hbond substituents is 1. The molecule has 6 heteroatoms. The summed E-state index contributed by atoms with van der Waals surface area (Å²) >= 11 is 0. The zero-order valence-electron chi connectivity index (χ0n) is 21.0. The molecule has 0 amide bonds. The van der Waals surface area contributed by atoms with E-state index >= 15 is 0 Å². The summed E-state index contributed by atoms with van der Waals surface area (Å²) in [6.07, 6.45) is 2.96. The van der Waals surface area contributed by atoms with Crippen molar-refractivity contribution in [3.05, 3.63) is 77.9 Å². The largest absolute Gasteiger partial charge is 0.507 e. The van der Waals surface area contributed by atoms with Gasteiger partial charge in [0.2, 0.25) is 0 Å². The molecule has 0 aromatic heterocycles. The van der Waals surface area contributed by atoms with Gasteiger partial charge >= 0.3 is 0 Å².